The number of hydrogen-bond donors (Lipinski definition) is 3. The summed E-state index contributed by atoms with van der Waals surface area (Å²) in [5, 5.41) is 19.1. The zero-order valence-electron chi connectivity index (χ0n) is 8.42. The molecule has 0 saturated carbocycles. The molecule has 5 nitrogen and oxygen atoms in total. The van der Waals surface area contributed by atoms with Crippen LogP contribution in [0, 0.1) is 6.92 Å². The first-order chi connectivity index (χ1) is 7.00. The van der Waals surface area contributed by atoms with Crippen molar-refractivity contribution in [2.24, 2.45) is 5.73 Å². The van der Waals surface area contributed by atoms with Crippen LogP contribution in [0.15, 0.2) is 18.3 Å². The normalized spacial score (nSPS) is 14.6. The maximum Gasteiger partial charge on any atom is 0.220 e. The van der Waals surface area contributed by atoms with Gasteiger partial charge in [-0.3, -0.25) is 9.78 Å². The molecule has 0 bridgehead atoms. The molecule has 0 aromatic carbocycles. The van der Waals surface area contributed by atoms with E-state index in [-0.39, 0.29) is 6.42 Å². The molecule has 2 atom stereocenters. The Morgan fingerprint density at radius 3 is 2.67 bits per heavy atom. The Kier molecular flexibility index (Phi) is 3.76. The Hall–Kier alpha value is -1.46. The maximum absolute atomic E-state index is 10.5. The highest BCUT2D eigenvalue weighted by atomic mass is 16.3. The van der Waals surface area contributed by atoms with Crippen molar-refractivity contribution in [1.82, 2.24) is 4.98 Å². The van der Waals surface area contributed by atoms with Gasteiger partial charge >= 0.3 is 0 Å². The number of aliphatic hydroxyl groups is 2. The van der Waals surface area contributed by atoms with E-state index in [1.165, 1.54) is 6.20 Å². The molecule has 4 N–H and O–H groups in total. The van der Waals surface area contributed by atoms with Gasteiger partial charge in [-0.15, -0.1) is 0 Å². The van der Waals surface area contributed by atoms with Gasteiger partial charge in [-0.05, 0) is 13.0 Å². The first-order valence-corrected chi connectivity index (χ1v) is 4.57. The van der Waals surface area contributed by atoms with Gasteiger partial charge in [0, 0.05) is 17.5 Å². The summed E-state index contributed by atoms with van der Waals surface area (Å²) in [7, 11) is 0. The highest BCUT2D eigenvalue weighted by Gasteiger charge is 2.20. The fourth-order valence-corrected chi connectivity index (χ4v) is 1.19. The van der Waals surface area contributed by atoms with Gasteiger partial charge in [0.2, 0.25) is 5.91 Å². The van der Waals surface area contributed by atoms with Crippen LogP contribution in [0.2, 0.25) is 0 Å². The number of primary amides is 1. The van der Waals surface area contributed by atoms with Crippen LogP contribution in [0.1, 0.15) is 23.8 Å². The van der Waals surface area contributed by atoms with Crippen molar-refractivity contribution in [1.29, 1.82) is 0 Å². The number of hydrogen-bond acceptors (Lipinski definition) is 4. The number of aromatic nitrogens is 1. The molecule has 0 fully saturated rings. The maximum atomic E-state index is 10.5. The first-order valence-electron chi connectivity index (χ1n) is 4.57. The van der Waals surface area contributed by atoms with Crippen LogP contribution >= 0.6 is 0 Å². The summed E-state index contributed by atoms with van der Waals surface area (Å²) in [6.45, 7) is 1.82. The average Bonchev–Trinajstić information content (AvgIpc) is 2.17. The summed E-state index contributed by atoms with van der Waals surface area (Å²) < 4.78 is 0. The van der Waals surface area contributed by atoms with Gasteiger partial charge in [-0.1, -0.05) is 6.07 Å². The van der Waals surface area contributed by atoms with Crippen molar-refractivity contribution in [3.63, 3.8) is 0 Å². The number of nitrogens with zero attached hydrogens (tertiary/aromatic N) is 1. The Labute approximate surface area is 87.6 Å². The number of carbonyl (C=O) groups is 1. The number of aryl methyl sites for hydroxylation is 1. The number of aliphatic hydroxyl groups excluding tert-OH is 2. The number of rotatable bonds is 4. The lowest BCUT2D eigenvalue weighted by Gasteiger charge is -2.16. The van der Waals surface area contributed by atoms with Crippen LogP contribution in [0.3, 0.4) is 0 Å². The van der Waals surface area contributed by atoms with Crippen molar-refractivity contribution in [3.8, 4) is 0 Å². The minimum absolute atomic E-state index is 0.269. The molecule has 2 unspecified atom stereocenters. The van der Waals surface area contributed by atoms with Gasteiger partial charge in [0.15, 0.2) is 0 Å². The van der Waals surface area contributed by atoms with Crippen molar-refractivity contribution < 1.29 is 15.0 Å². The van der Waals surface area contributed by atoms with Crippen LogP contribution in [0.4, 0.5) is 0 Å². The molecule has 0 aliphatic rings. The van der Waals surface area contributed by atoms with E-state index in [1.54, 1.807) is 12.1 Å². The Bertz CT molecular complexity index is 337. The fourth-order valence-electron chi connectivity index (χ4n) is 1.19. The molecule has 1 aromatic heterocycles. The third-order valence-corrected chi connectivity index (χ3v) is 2.05. The fraction of sp³-hybridized carbons (Fsp3) is 0.400. The second-order valence-corrected chi connectivity index (χ2v) is 3.42. The molecule has 15 heavy (non-hydrogen) atoms. The van der Waals surface area contributed by atoms with Gasteiger partial charge in [0.05, 0.1) is 12.5 Å². The monoisotopic (exact) mass is 210 g/mol. The zero-order chi connectivity index (χ0) is 11.4. The predicted octanol–water partition coefficient (Wildman–Crippen LogP) is -0.340. The van der Waals surface area contributed by atoms with E-state index in [0.717, 1.165) is 5.69 Å². The van der Waals surface area contributed by atoms with E-state index >= 15 is 0 Å². The van der Waals surface area contributed by atoms with Crippen LogP contribution in [0.25, 0.3) is 0 Å². The molecule has 1 heterocycles. The number of pyridine rings is 1. The van der Waals surface area contributed by atoms with Gasteiger partial charge in [-0.2, -0.15) is 0 Å². The zero-order valence-corrected chi connectivity index (χ0v) is 8.42. The Balaban J connectivity index is 2.71. The summed E-state index contributed by atoms with van der Waals surface area (Å²) in [5.41, 5.74) is 6.19. The summed E-state index contributed by atoms with van der Waals surface area (Å²) in [6, 6.07) is 3.37. The van der Waals surface area contributed by atoms with Gasteiger partial charge in [0.1, 0.15) is 6.10 Å². The predicted molar refractivity (Wildman–Crippen MR) is 53.8 cm³/mol. The number of carbonyl (C=O) groups excluding carboxylic acids is 1. The van der Waals surface area contributed by atoms with Crippen LogP contribution < -0.4 is 5.73 Å². The highest BCUT2D eigenvalue weighted by molar-refractivity contribution is 5.74. The average molecular weight is 210 g/mol. The smallest absolute Gasteiger partial charge is 0.220 e. The molecule has 0 spiro atoms. The topological polar surface area (TPSA) is 96.4 Å². The molecule has 0 saturated heterocycles. The highest BCUT2D eigenvalue weighted by Crippen LogP contribution is 2.17. The van der Waals surface area contributed by atoms with Crippen LogP contribution in [-0.4, -0.2) is 27.2 Å². The second kappa shape index (κ2) is 4.86. The van der Waals surface area contributed by atoms with Crippen molar-refractivity contribution in [2.45, 2.75) is 25.6 Å². The standard InChI is InChI=1S/C10H14N2O3/c1-6-2-3-7(5-12-6)10(15)8(13)4-9(11)14/h2-3,5,8,10,13,15H,4H2,1H3,(H2,11,14). The van der Waals surface area contributed by atoms with Crippen LogP contribution in [-0.2, 0) is 4.79 Å². The summed E-state index contributed by atoms with van der Waals surface area (Å²) in [4.78, 5) is 14.5. The SMILES string of the molecule is Cc1ccc(C(O)C(O)CC(N)=O)cn1. The van der Waals surface area contributed by atoms with Crippen LogP contribution in [0.5, 0.6) is 0 Å². The van der Waals surface area contributed by atoms with E-state index < -0.39 is 18.1 Å². The third kappa shape index (κ3) is 3.30. The van der Waals surface area contributed by atoms with Gasteiger partial charge < -0.3 is 15.9 Å². The summed E-state index contributed by atoms with van der Waals surface area (Å²) in [6.07, 6.45) is -1.13. The van der Waals surface area contributed by atoms with E-state index in [0.29, 0.717) is 5.56 Å². The summed E-state index contributed by atoms with van der Waals surface area (Å²) >= 11 is 0. The molecule has 5 heteroatoms. The van der Waals surface area contributed by atoms with Crippen molar-refractivity contribution in [2.75, 3.05) is 0 Å². The minimum Gasteiger partial charge on any atom is -0.390 e. The molecule has 0 radical (unpaired) electrons. The van der Waals surface area contributed by atoms with E-state index in [9.17, 15) is 15.0 Å². The lowest BCUT2D eigenvalue weighted by molar-refractivity contribution is -0.121. The molecule has 1 amide bonds. The van der Waals surface area contributed by atoms with E-state index in [1.807, 2.05) is 6.92 Å². The van der Waals surface area contributed by atoms with Gasteiger partial charge in [0.25, 0.3) is 0 Å². The quantitative estimate of drug-likeness (QED) is 0.633. The number of amides is 1. The molecule has 1 rings (SSSR count). The molecule has 1 aromatic rings. The van der Waals surface area contributed by atoms with Crippen molar-refractivity contribution >= 4 is 5.91 Å². The molecule has 82 valence electrons. The van der Waals surface area contributed by atoms with Crippen molar-refractivity contribution in [3.05, 3.63) is 29.6 Å². The summed E-state index contributed by atoms with van der Waals surface area (Å²) in [5.74, 6) is -0.651. The lowest BCUT2D eigenvalue weighted by Crippen LogP contribution is -2.25. The van der Waals surface area contributed by atoms with E-state index in [4.69, 9.17) is 5.73 Å². The molecule has 0 aliphatic carbocycles. The molecule has 0 aliphatic heterocycles. The lowest BCUT2D eigenvalue weighted by atomic mass is 10.0. The van der Waals surface area contributed by atoms with Gasteiger partial charge in [-0.25, -0.2) is 0 Å². The third-order valence-electron chi connectivity index (χ3n) is 2.05. The molecular weight excluding hydrogens is 196 g/mol. The molecular formula is C10H14N2O3. The second-order valence-electron chi connectivity index (χ2n) is 3.42. The Morgan fingerprint density at radius 2 is 2.20 bits per heavy atom. The minimum atomic E-state index is -1.19. The van der Waals surface area contributed by atoms with E-state index in [2.05, 4.69) is 4.98 Å². The largest absolute Gasteiger partial charge is 0.390 e. The number of nitrogens with two attached hydrogens (primary N) is 1. The first kappa shape index (κ1) is 11.6. The Morgan fingerprint density at radius 1 is 1.53 bits per heavy atom.